The summed E-state index contributed by atoms with van der Waals surface area (Å²) in [7, 11) is 3.99. The second-order valence-corrected chi connectivity index (χ2v) is 5.46. The first-order valence-corrected chi connectivity index (χ1v) is 6.28. The quantitative estimate of drug-likeness (QED) is 0.755. The molecule has 1 aliphatic rings. The summed E-state index contributed by atoms with van der Waals surface area (Å²) in [5.74, 6) is 0.803. The van der Waals surface area contributed by atoms with E-state index in [0.29, 0.717) is 23.2 Å². The predicted octanol–water partition coefficient (Wildman–Crippen LogP) is 1.94. The fraction of sp³-hybridized carbons (Fsp3) is 0.667. The maximum absolute atomic E-state index is 12.2. The van der Waals surface area contributed by atoms with Crippen molar-refractivity contribution < 1.29 is 4.79 Å². The molecular weight excluding hydrogens is 238 g/mol. The molecule has 1 saturated carbocycles. The Labute approximate surface area is 107 Å². The molecule has 0 N–H and O–H groups in total. The lowest BCUT2D eigenvalue weighted by Gasteiger charge is -2.11. The Morgan fingerprint density at radius 3 is 2.82 bits per heavy atom. The maximum atomic E-state index is 12.2. The third-order valence-corrected chi connectivity index (χ3v) is 3.51. The van der Waals surface area contributed by atoms with Crippen molar-refractivity contribution in [1.29, 1.82) is 0 Å². The van der Waals surface area contributed by atoms with Crippen LogP contribution < -0.4 is 0 Å². The second-order valence-electron chi connectivity index (χ2n) is 5.05. The van der Waals surface area contributed by atoms with Gasteiger partial charge in [-0.3, -0.25) is 9.48 Å². The van der Waals surface area contributed by atoms with Crippen LogP contribution in [0.1, 0.15) is 23.8 Å². The summed E-state index contributed by atoms with van der Waals surface area (Å²) in [6, 6.07) is 0. The highest BCUT2D eigenvalue weighted by Gasteiger charge is 2.41. The highest BCUT2D eigenvalue weighted by atomic mass is 35.5. The van der Waals surface area contributed by atoms with Crippen LogP contribution in [0.2, 0.25) is 5.02 Å². The summed E-state index contributed by atoms with van der Waals surface area (Å²) in [6.45, 7) is 3.64. The number of hydrogen-bond acceptors (Lipinski definition) is 3. The van der Waals surface area contributed by atoms with Gasteiger partial charge in [-0.2, -0.15) is 5.10 Å². The van der Waals surface area contributed by atoms with Crippen LogP contribution in [-0.4, -0.2) is 41.1 Å². The van der Waals surface area contributed by atoms with Gasteiger partial charge in [0.15, 0.2) is 5.78 Å². The summed E-state index contributed by atoms with van der Waals surface area (Å²) >= 11 is 6.06. The molecular formula is C12H18ClN3O. The van der Waals surface area contributed by atoms with E-state index in [1.165, 1.54) is 0 Å². The molecule has 0 aliphatic heterocycles. The summed E-state index contributed by atoms with van der Waals surface area (Å²) in [4.78, 5) is 14.3. The molecule has 0 amide bonds. The van der Waals surface area contributed by atoms with Gasteiger partial charge in [0, 0.05) is 12.5 Å². The number of carbonyl (C=O) groups is 1. The minimum Gasteiger partial charge on any atom is -0.308 e. The van der Waals surface area contributed by atoms with Crippen molar-refractivity contribution in [3.05, 3.63) is 16.9 Å². The molecule has 1 heterocycles. The van der Waals surface area contributed by atoms with E-state index in [1.807, 2.05) is 14.1 Å². The van der Waals surface area contributed by atoms with Crippen molar-refractivity contribution in [1.82, 2.24) is 14.7 Å². The summed E-state index contributed by atoms with van der Waals surface area (Å²) in [5, 5.41) is 4.66. The maximum Gasteiger partial charge on any atom is 0.185 e. The van der Waals surface area contributed by atoms with E-state index in [-0.39, 0.29) is 11.7 Å². The Morgan fingerprint density at radius 1 is 1.65 bits per heavy atom. The number of likely N-dealkylation sites (N-methyl/N-ethyl adjacent to an activating group) is 1. The lowest BCUT2D eigenvalue weighted by Crippen LogP contribution is -2.22. The van der Waals surface area contributed by atoms with Crippen LogP contribution in [-0.2, 0) is 6.54 Å². The van der Waals surface area contributed by atoms with Gasteiger partial charge < -0.3 is 4.90 Å². The molecule has 2 atom stereocenters. The fourth-order valence-corrected chi connectivity index (χ4v) is 2.17. The van der Waals surface area contributed by atoms with Gasteiger partial charge in [0.1, 0.15) is 5.69 Å². The predicted molar refractivity (Wildman–Crippen MR) is 67.4 cm³/mol. The van der Waals surface area contributed by atoms with Crippen LogP contribution in [0.15, 0.2) is 6.20 Å². The summed E-state index contributed by atoms with van der Waals surface area (Å²) in [5.41, 5.74) is 0.586. The number of nitrogens with zero attached hydrogens (tertiary/aromatic N) is 3. The number of hydrogen-bond donors (Lipinski definition) is 0. The number of Topliss-reactive ketones (excluding diaryl/α,β-unsaturated/α-hetero) is 1. The number of aromatic nitrogens is 2. The lowest BCUT2D eigenvalue weighted by atomic mass is 10.1. The normalized spacial score (nSPS) is 23.1. The van der Waals surface area contributed by atoms with Gasteiger partial charge in [0.05, 0.1) is 17.8 Å². The first-order chi connectivity index (χ1) is 8.00. The monoisotopic (exact) mass is 255 g/mol. The molecule has 0 aromatic carbocycles. The molecule has 4 nitrogen and oxygen atoms in total. The van der Waals surface area contributed by atoms with E-state index in [0.717, 1.165) is 13.0 Å². The molecule has 2 rings (SSSR count). The average Bonchev–Trinajstić information content (AvgIpc) is 2.86. The van der Waals surface area contributed by atoms with Crippen LogP contribution in [0.3, 0.4) is 0 Å². The zero-order valence-electron chi connectivity index (χ0n) is 10.5. The first-order valence-electron chi connectivity index (χ1n) is 5.91. The van der Waals surface area contributed by atoms with E-state index in [9.17, 15) is 4.79 Å². The van der Waals surface area contributed by atoms with E-state index in [2.05, 4.69) is 16.9 Å². The minimum atomic E-state index is 0.152. The van der Waals surface area contributed by atoms with Crippen LogP contribution in [0.4, 0.5) is 0 Å². The van der Waals surface area contributed by atoms with Gasteiger partial charge >= 0.3 is 0 Å². The standard InChI is InChI=1S/C12H18ClN3O/c1-8-6-9(8)12(17)11-10(13)7-14-16(11)5-4-15(2)3/h7-9H,4-6H2,1-3H3. The summed E-state index contributed by atoms with van der Waals surface area (Å²) in [6.07, 6.45) is 2.55. The topological polar surface area (TPSA) is 38.1 Å². The zero-order valence-corrected chi connectivity index (χ0v) is 11.2. The molecule has 1 aromatic heterocycles. The van der Waals surface area contributed by atoms with Crippen LogP contribution in [0, 0.1) is 11.8 Å². The van der Waals surface area contributed by atoms with Gasteiger partial charge in [-0.1, -0.05) is 18.5 Å². The molecule has 2 unspecified atom stereocenters. The molecule has 0 radical (unpaired) electrons. The van der Waals surface area contributed by atoms with Crippen molar-refractivity contribution in [3.63, 3.8) is 0 Å². The molecule has 1 aromatic rings. The SMILES string of the molecule is CC1CC1C(=O)c1c(Cl)cnn1CCN(C)C. The molecule has 0 bridgehead atoms. The van der Waals surface area contributed by atoms with Crippen molar-refractivity contribution in [2.45, 2.75) is 19.9 Å². The fourth-order valence-electron chi connectivity index (χ4n) is 1.93. The Bertz CT molecular complexity index is 427. The Balaban J connectivity index is 2.14. The van der Waals surface area contributed by atoms with Crippen molar-refractivity contribution in [2.24, 2.45) is 11.8 Å². The molecule has 5 heteroatoms. The number of rotatable bonds is 5. The van der Waals surface area contributed by atoms with Gasteiger partial charge in [0.25, 0.3) is 0 Å². The third kappa shape index (κ3) is 2.69. The average molecular weight is 256 g/mol. The largest absolute Gasteiger partial charge is 0.308 e. The second kappa shape index (κ2) is 4.78. The number of halogens is 1. The van der Waals surface area contributed by atoms with Crippen molar-refractivity contribution >= 4 is 17.4 Å². The smallest absolute Gasteiger partial charge is 0.185 e. The molecule has 94 valence electrons. The van der Waals surface area contributed by atoms with Crippen molar-refractivity contribution in [2.75, 3.05) is 20.6 Å². The molecule has 1 aliphatic carbocycles. The zero-order chi connectivity index (χ0) is 12.6. The highest BCUT2D eigenvalue weighted by Crippen LogP contribution is 2.41. The molecule has 0 saturated heterocycles. The number of ketones is 1. The van der Waals surface area contributed by atoms with E-state index in [4.69, 9.17) is 11.6 Å². The molecule has 17 heavy (non-hydrogen) atoms. The van der Waals surface area contributed by atoms with Crippen molar-refractivity contribution in [3.8, 4) is 0 Å². The minimum absolute atomic E-state index is 0.152. The first kappa shape index (κ1) is 12.6. The van der Waals surface area contributed by atoms with Gasteiger partial charge in [-0.05, 0) is 26.4 Å². The third-order valence-electron chi connectivity index (χ3n) is 3.23. The van der Waals surface area contributed by atoms with E-state index < -0.39 is 0 Å². The van der Waals surface area contributed by atoms with Crippen LogP contribution in [0.25, 0.3) is 0 Å². The van der Waals surface area contributed by atoms with E-state index in [1.54, 1.807) is 10.9 Å². The van der Waals surface area contributed by atoms with Crippen LogP contribution >= 0.6 is 11.6 Å². The Hall–Kier alpha value is -0.870. The summed E-state index contributed by atoms with van der Waals surface area (Å²) < 4.78 is 1.73. The lowest BCUT2D eigenvalue weighted by molar-refractivity contribution is 0.0951. The Kier molecular flexibility index (Phi) is 3.54. The highest BCUT2D eigenvalue weighted by molar-refractivity contribution is 6.33. The molecule has 1 fully saturated rings. The number of carbonyl (C=O) groups excluding carboxylic acids is 1. The van der Waals surface area contributed by atoms with Gasteiger partial charge in [-0.15, -0.1) is 0 Å². The molecule has 0 spiro atoms. The van der Waals surface area contributed by atoms with Gasteiger partial charge in [0.2, 0.25) is 0 Å². The van der Waals surface area contributed by atoms with Crippen LogP contribution in [0.5, 0.6) is 0 Å². The van der Waals surface area contributed by atoms with Gasteiger partial charge in [-0.25, -0.2) is 0 Å². The van der Waals surface area contributed by atoms with E-state index >= 15 is 0 Å². The Morgan fingerprint density at radius 2 is 2.29 bits per heavy atom.